The minimum atomic E-state index is -0.742. The molecule has 2 aromatic rings. The summed E-state index contributed by atoms with van der Waals surface area (Å²) in [5.41, 5.74) is 0.418. The zero-order valence-corrected chi connectivity index (χ0v) is 10.9. The summed E-state index contributed by atoms with van der Waals surface area (Å²) in [6.45, 7) is -0.330. The van der Waals surface area contributed by atoms with Crippen LogP contribution in [-0.2, 0) is 0 Å². The quantitative estimate of drug-likeness (QED) is 0.834. The van der Waals surface area contributed by atoms with Crippen molar-refractivity contribution < 1.29 is 18.7 Å². The average molecular weight is 287 g/mol. The van der Waals surface area contributed by atoms with Crippen LogP contribution in [0.25, 0.3) is 0 Å². The molecule has 0 aromatic heterocycles. The summed E-state index contributed by atoms with van der Waals surface area (Å²) < 4.78 is 26.9. The summed E-state index contributed by atoms with van der Waals surface area (Å²) in [5.74, 6) is 3.00. The van der Waals surface area contributed by atoms with Crippen molar-refractivity contribution in [3.63, 3.8) is 0 Å². The highest BCUT2D eigenvalue weighted by Crippen LogP contribution is 2.14. The van der Waals surface area contributed by atoms with Gasteiger partial charge in [0, 0.05) is 11.3 Å². The second-order valence-electron chi connectivity index (χ2n) is 4.12. The highest BCUT2D eigenvalue weighted by molar-refractivity contribution is 6.04. The largest absolute Gasteiger partial charge is 0.384 e. The highest BCUT2D eigenvalue weighted by Gasteiger charge is 2.12. The van der Waals surface area contributed by atoms with Crippen LogP contribution in [-0.4, -0.2) is 17.6 Å². The molecule has 0 aliphatic rings. The van der Waals surface area contributed by atoms with Crippen LogP contribution >= 0.6 is 0 Å². The van der Waals surface area contributed by atoms with E-state index in [9.17, 15) is 13.6 Å². The predicted molar refractivity (Wildman–Crippen MR) is 74.7 cm³/mol. The minimum Gasteiger partial charge on any atom is -0.384 e. The lowest BCUT2D eigenvalue weighted by Crippen LogP contribution is -2.14. The molecule has 3 nitrogen and oxygen atoms in total. The van der Waals surface area contributed by atoms with Crippen LogP contribution < -0.4 is 5.32 Å². The van der Waals surface area contributed by atoms with E-state index in [1.165, 1.54) is 30.3 Å². The van der Waals surface area contributed by atoms with Gasteiger partial charge in [-0.15, -0.1) is 0 Å². The van der Waals surface area contributed by atoms with Gasteiger partial charge in [-0.05, 0) is 36.4 Å². The standard InChI is InChI=1S/C16H11F2NO2/c17-12-4-1-5-13(10-12)19-16(21)14-7-6-11(3-2-8-20)9-15(14)18/h1,4-7,9-10,20H,8H2,(H,19,21). The molecule has 1 amide bonds. The van der Waals surface area contributed by atoms with Gasteiger partial charge in [-0.2, -0.15) is 0 Å². The van der Waals surface area contributed by atoms with Gasteiger partial charge in [0.15, 0.2) is 0 Å². The fraction of sp³-hybridized carbons (Fsp3) is 0.0625. The van der Waals surface area contributed by atoms with Crippen molar-refractivity contribution in [2.45, 2.75) is 0 Å². The molecule has 2 N–H and O–H groups in total. The molecule has 0 saturated heterocycles. The van der Waals surface area contributed by atoms with E-state index < -0.39 is 17.5 Å². The summed E-state index contributed by atoms with van der Waals surface area (Å²) in [4.78, 5) is 11.9. The van der Waals surface area contributed by atoms with Crippen LogP contribution in [0.1, 0.15) is 15.9 Å². The van der Waals surface area contributed by atoms with Gasteiger partial charge in [0.05, 0.1) is 5.56 Å². The Morgan fingerprint density at radius 3 is 2.67 bits per heavy atom. The third kappa shape index (κ3) is 3.88. The average Bonchev–Trinajstić information content (AvgIpc) is 2.45. The third-order valence-electron chi connectivity index (χ3n) is 2.61. The fourth-order valence-electron chi connectivity index (χ4n) is 1.68. The summed E-state index contributed by atoms with van der Waals surface area (Å²) in [5, 5.41) is 11.0. The lowest BCUT2D eigenvalue weighted by molar-refractivity contribution is 0.102. The van der Waals surface area contributed by atoms with Crippen molar-refractivity contribution in [3.05, 3.63) is 65.2 Å². The molecule has 2 aromatic carbocycles. The van der Waals surface area contributed by atoms with E-state index in [0.29, 0.717) is 5.56 Å². The molecule has 0 radical (unpaired) electrons. The summed E-state index contributed by atoms with van der Waals surface area (Å²) >= 11 is 0. The summed E-state index contributed by atoms with van der Waals surface area (Å²) in [6.07, 6.45) is 0. The number of hydrogen-bond donors (Lipinski definition) is 2. The lowest BCUT2D eigenvalue weighted by Gasteiger charge is -2.06. The maximum atomic E-state index is 13.8. The zero-order chi connectivity index (χ0) is 15.2. The van der Waals surface area contributed by atoms with Crippen molar-refractivity contribution in [3.8, 4) is 11.8 Å². The number of nitrogens with one attached hydrogen (secondary N) is 1. The van der Waals surface area contributed by atoms with Gasteiger partial charge in [-0.25, -0.2) is 8.78 Å². The maximum absolute atomic E-state index is 13.8. The fourth-order valence-corrected chi connectivity index (χ4v) is 1.68. The number of amides is 1. The molecule has 0 heterocycles. The van der Waals surface area contributed by atoms with E-state index in [1.807, 2.05) is 0 Å². The number of benzene rings is 2. The van der Waals surface area contributed by atoms with Crippen LogP contribution in [0, 0.1) is 23.5 Å². The molecule has 0 aliphatic heterocycles. The first-order valence-electron chi connectivity index (χ1n) is 6.06. The smallest absolute Gasteiger partial charge is 0.258 e. The molecule has 21 heavy (non-hydrogen) atoms. The summed E-state index contributed by atoms with van der Waals surface area (Å²) in [7, 11) is 0. The molecular weight excluding hydrogens is 276 g/mol. The van der Waals surface area contributed by atoms with Gasteiger partial charge in [-0.1, -0.05) is 17.9 Å². The molecule has 0 unspecified atom stereocenters. The van der Waals surface area contributed by atoms with Gasteiger partial charge >= 0.3 is 0 Å². The normalized spacial score (nSPS) is 9.67. The number of hydrogen-bond acceptors (Lipinski definition) is 2. The molecule has 0 saturated carbocycles. The van der Waals surface area contributed by atoms with Crippen LogP contribution in [0.4, 0.5) is 14.5 Å². The second kappa shape index (κ2) is 6.64. The topological polar surface area (TPSA) is 49.3 Å². The van der Waals surface area contributed by atoms with Gasteiger partial charge < -0.3 is 10.4 Å². The Morgan fingerprint density at radius 2 is 2.00 bits per heavy atom. The van der Waals surface area contributed by atoms with Crippen LogP contribution in [0.2, 0.25) is 0 Å². The van der Waals surface area contributed by atoms with Crippen molar-refractivity contribution in [2.24, 2.45) is 0 Å². The van der Waals surface area contributed by atoms with Crippen LogP contribution in [0.15, 0.2) is 42.5 Å². The predicted octanol–water partition coefficient (Wildman–Crippen LogP) is 2.56. The number of carbonyl (C=O) groups is 1. The maximum Gasteiger partial charge on any atom is 0.258 e. The Balaban J connectivity index is 2.20. The molecule has 0 atom stereocenters. The number of carbonyl (C=O) groups excluding carboxylic acids is 1. The Bertz CT molecular complexity index is 733. The minimum absolute atomic E-state index is 0.172. The van der Waals surface area contributed by atoms with Gasteiger partial charge in [-0.3, -0.25) is 4.79 Å². The van der Waals surface area contributed by atoms with E-state index in [4.69, 9.17) is 5.11 Å². The van der Waals surface area contributed by atoms with E-state index in [1.54, 1.807) is 0 Å². The molecule has 0 spiro atoms. The van der Waals surface area contributed by atoms with E-state index in [2.05, 4.69) is 17.2 Å². The first-order valence-corrected chi connectivity index (χ1v) is 6.06. The zero-order valence-electron chi connectivity index (χ0n) is 10.9. The Kier molecular flexibility index (Phi) is 4.64. The monoisotopic (exact) mass is 287 g/mol. The number of aliphatic hydroxyl groups is 1. The van der Waals surface area contributed by atoms with Crippen LogP contribution in [0.5, 0.6) is 0 Å². The molecule has 5 heteroatoms. The second-order valence-corrected chi connectivity index (χ2v) is 4.12. The first kappa shape index (κ1) is 14.7. The van der Waals surface area contributed by atoms with Crippen molar-refractivity contribution in [1.29, 1.82) is 0 Å². The van der Waals surface area contributed by atoms with E-state index >= 15 is 0 Å². The molecule has 0 aliphatic carbocycles. The van der Waals surface area contributed by atoms with Crippen molar-refractivity contribution in [2.75, 3.05) is 11.9 Å². The molecule has 0 bridgehead atoms. The van der Waals surface area contributed by atoms with E-state index in [0.717, 1.165) is 12.1 Å². The van der Waals surface area contributed by atoms with Gasteiger partial charge in [0.25, 0.3) is 5.91 Å². The highest BCUT2D eigenvalue weighted by atomic mass is 19.1. The van der Waals surface area contributed by atoms with Gasteiger partial charge in [0.2, 0.25) is 0 Å². The SMILES string of the molecule is O=C(Nc1cccc(F)c1)c1ccc(C#CCO)cc1F. The molecule has 2 rings (SSSR count). The number of aliphatic hydroxyl groups excluding tert-OH is 1. The third-order valence-corrected chi connectivity index (χ3v) is 2.61. The molecule has 106 valence electrons. The summed E-state index contributed by atoms with van der Waals surface area (Å²) in [6, 6.07) is 9.16. The number of halogens is 2. The lowest BCUT2D eigenvalue weighted by atomic mass is 10.1. The number of anilines is 1. The van der Waals surface area contributed by atoms with Crippen molar-refractivity contribution in [1.82, 2.24) is 0 Å². The van der Waals surface area contributed by atoms with Crippen LogP contribution in [0.3, 0.4) is 0 Å². The first-order chi connectivity index (χ1) is 10.1. The van der Waals surface area contributed by atoms with Gasteiger partial charge in [0.1, 0.15) is 18.2 Å². The Hall–Kier alpha value is -2.71. The molecule has 0 fully saturated rings. The van der Waals surface area contributed by atoms with Crippen molar-refractivity contribution >= 4 is 11.6 Å². The Morgan fingerprint density at radius 1 is 1.19 bits per heavy atom. The van der Waals surface area contributed by atoms with E-state index in [-0.39, 0.29) is 17.9 Å². The molecular formula is C16H11F2NO2. The Labute approximate surface area is 120 Å². The number of rotatable bonds is 2.